The second kappa shape index (κ2) is 21.6. The molecule has 0 unspecified atom stereocenters. The molecule has 0 aliphatic heterocycles. The Morgan fingerprint density at radius 2 is 1.12 bits per heavy atom. The molecule has 422 valence electrons. The summed E-state index contributed by atoms with van der Waals surface area (Å²) in [6, 6.07) is 54.8. The number of hydrogen-bond acceptors (Lipinski definition) is 10. The third-order valence-electron chi connectivity index (χ3n) is 16.7. The van der Waals surface area contributed by atoms with E-state index in [2.05, 4.69) is 48.1 Å². The zero-order valence-electron chi connectivity index (χ0n) is 47.8. The van der Waals surface area contributed by atoms with Crippen molar-refractivity contribution >= 4 is 145 Å². The molecule has 13 nitrogen and oxygen atoms in total. The number of carbonyl (C=O) groups is 2. The van der Waals surface area contributed by atoms with E-state index in [0.717, 1.165) is 123 Å². The van der Waals surface area contributed by atoms with Crippen LogP contribution in [0.2, 0.25) is 10.0 Å². The standard InChI is InChI=1S/C71H54Cl2N8O5/c1-7-38-14-9-11-18-59(38)80(3)71(83)55-33-41-21-26-49-53-35-44(73)23-30-57(53)75-65(49)62(41)67(70(55)85-6)79-77-58-31-28-47-46-27-24-45(36-54(46)68(82)51-17-13-16-50(58)63(47)51)76-78-66-61-40(20-25-48-52-34-43(72)22-29-56(52)74-64(48)61)32-42(69(66)84-5)37-86-81(4)60-19-12-10-15-39(60)8-2/h9-36,74-75H,7-8,37H2,1-6H3. The fourth-order valence-electron chi connectivity index (χ4n) is 12.6. The minimum absolute atomic E-state index is 0.174. The van der Waals surface area contributed by atoms with E-state index in [9.17, 15) is 9.59 Å². The molecular formula is C71H54Cl2N8O5. The van der Waals surface area contributed by atoms with Gasteiger partial charge in [0.2, 0.25) is 0 Å². The molecule has 0 spiro atoms. The SMILES string of the molecule is CCc1ccccc1N(C)OCc1cc2ccc3c4cc(Cl)ccc4[nH]c3c2c(N=Nc2ccc3c(c2)C(=O)c2cccc4c(N=Nc5c(OC)c(C(=O)N(C)c6ccccc6CC)cc6ccc7c8cc(Cl)ccc8[nH]c7c56)ccc-3c24)c1OC. The summed E-state index contributed by atoms with van der Waals surface area (Å²) < 4.78 is 12.5. The lowest BCUT2D eigenvalue weighted by atomic mass is 9.82. The number of para-hydroxylation sites is 2. The molecule has 1 aliphatic rings. The fourth-order valence-corrected chi connectivity index (χ4v) is 12.9. The van der Waals surface area contributed by atoms with Gasteiger partial charge < -0.3 is 24.3 Å². The molecule has 0 bridgehead atoms. The topological polar surface area (TPSA) is 149 Å². The maximum Gasteiger partial charge on any atom is 0.261 e. The number of aryl methyl sites for hydroxylation is 2. The van der Waals surface area contributed by atoms with Crippen molar-refractivity contribution in [1.29, 1.82) is 0 Å². The number of aromatic amines is 2. The average Bonchev–Trinajstić information content (AvgIpc) is 1.24. The van der Waals surface area contributed by atoms with Crippen molar-refractivity contribution in [2.45, 2.75) is 33.3 Å². The van der Waals surface area contributed by atoms with Crippen LogP contribution in [0.3, 0.4) is 0 Å². The molecule has 2 aromatic heterocycles. The highest BCUT2D eigenvalue weighted by Gasteiger charge is 2.29. The number of benzene rings is 11. The van der Waals surface area contributed by atoms with Gasteiger partial charge in [0, 0.05) is 101 Å². The number of ketones is 1. The Morgan fingerprint density at radius 3 is 1.78 bits per heavy atom. The van der Waals surface area contributed by atoms with Gasteiger partial charge in [0.15, 0.2) is 17.3 Å². The predicted octanol–water partition coefficient (Wildman–Crippen LogP) is 19.8. The Balaban J connectivity index is 0.864. The number of methoxy groups -OCH3 is 2. The quantitative estimate of drug-likeness (QED) is 0.0818. The van der Waals surface area contributed by atoms with E-state index in [0.29, 0.717) is 60.6 Å². The number of halogens is 2. The van der Waals surface area contributed by atoms with Gasteiger partial charge in [-0.3, -0.25) is 19.5 Å². The Morgan fingerprint density at radius 1 is 0.512 bits per heavy atom. The highest BCUT2D eigenvalue weighted by Crippen LogP contribution is 2.49. The van der Waals surface area contributed by atoms with Crippen LogP contribution in [-0.4, -0.2) is 50.0 Å². The lowest BCUT2D eigenvalue weighted by molar-refractivity contribution is 0.0988. The monoisotopic (exact) mass is 1170 g/mol. The van der Waals surface area contributed by atoms with E-state index in [1.54, 1.807) is 37.3 Å². The van der Waals surface area contributed by atoms with Crippen molar-refractivity contribution in [2.75, 3.05) is 38.3 Å². The maximum atomic E-state index is 15.0. The summed E-state index contributed by atoms with van der Waals surface area (Å²) in [7, 11) is 6.84. The van der Waals surface area contributed by atoms with Crippen LogP contribution < -0.4 is 19.4 Å². The summed E-state index contributed by atoms with van der Waals surface area (Å²) in [5, 5.41) is 31.4. The first-order chi connectivity index (χ1) is 41.9. The first kappa shape index (κ1) is 54.0. The van der Waals surface area contributed by atoms with Gasteiger partial charge in [-0.05, 0) is 125 Å². The highest BCUT2D eigenvalue weighted by atomic mass is 35.5. The Bertz CT molecular complexity index is 5090. The molecule has 13 aromatic rings. The molecule has 1 aliphatic carbocycles. The van der Waals surface area contributed by atoms with E-state index in [1.807, 2.05) is 147 Å². The zero-order valence-corrected chi connectivity index (χ0v) is 49.3. The molecule has 1 amide bonds. The number of hydroxylamine groups is 1. The summed E-state index contributed by atoms with van der Waals surface area (Å²) in [4.78, 5) is 45.1. The molecule has 15 heteroatoms. The van der Waals surface area contributed by atoms with Gasteiger partial charge in [-0.15, -0.1) is 15.3 Å². The molecule has 0 radical (unpaired) electrons. The number of nitrogens with one attached hydrogen (secondary N) is 2. The summed E-state index contributed by atoms with van der Waals surface area (Å²) in [5.41, 5.74) is 12.9. The molecule has 86 heavy (non-hydrogen) atoms. The van der Waals surface area contributed by atoms with Crippen LogP contribution >= 0.6 is 23.2 Å². The van der Waals surface area contributed by atoms with Gasteiger partial charge in [0.05, 0.1) is 47.9 Å². The number of ether oxygens (including phenoxy) is 2. The van der Waals surface area contributed by atoms with Crippen LogP contribution in [-0.2, 0) is 24.3 Å². The number of carbonyl (C=O) groups excluding carboxylic acids is 2. The fraction of sp³-hybridized carbons (Fsp3) is 0.127. The summed E-state index contributed by atoms with van der Waals surface area (Å²) >= 11 is 13.1. The zero-order chi connectivity index (χ0) is 59.1. The molecule has 14 rings (SSSR count). The normalized spacial score (nSPS) is 12.3. The van der Waals surface area contributed by atoms with Crippen molar-refractivity contribution in [2.24, 2.45) is 20.5 Å². The Kier molecular flexibility index (Phi) is 13.6. The van der Waals surface area contributed by atoms with Crippen LogP contribution in [0.15, 0.2) is 190 Å². The van der Waals surface area contributed by atoms with Crippen molar-refractivity contribution in [1.82, 2.24) is 9.97 Å². The van der Waals surface area contributed by atoms with Crippen LogP contribution in [0.4, 0.5) is 34.1 Å². The predicted molar refractivity (Wildman–Crippen MR) is 348 cm³/mol. The third kappa shape index (κ3) is 8.88. The van der Waals surface area contributed by atoms with E-state index < -0.39 is 0 Å². The number of H-pyrrole nitrogens is 2. The van der Waals surface area contributed by atoms with Crippen molar-refractivity contribution in [3.8, 4) is 22.6 Å². The molecule has 0 atom stereocenters. The second-order valence-corrected chi connectivity index (χ2v) is 22.3. The summed E-state index contributed by atoms with van der Waals surface area (Å²) in [6.07, 6.45) is 1.59. The number of anilines is 2. The Labute approximate surface area is 504 Å². The average molecular weight is 1170 g/mol. The van der Waals surface area contributed by atoms with Crippen LogP contribution in [0.25, 0.3) is 87.1 Å². The maximum absolute atomic E-state index is 15.0. The van der Waals surface area contributed by atoms with Crippen molar-refractivity contribution < 1.29 is 23.9 Å². The second-order valence-electron chi connectivity index (χ2n) is 21.4. The Hall–Kier alpha value is -9.92. The first-order valence-corrected chi connectivity index (χ1v) is 29.1. The number of rotatable bonds is 14. The van der Waals surface area contributed by atoms with Crippen molar-refractivity contribution in [3.05, 3.63) is 213 Å². The number of nitrogens with zero attached hydrogens (tertiary/aromatic N) is 6. The van der Waals surface area contributed by atoms with Crippen LogP contribution in [0.5, 0.6) is 11.5 Å². The minimum Gasteiger partial charge on any atom is -0.494 e. The molecule has 0 saturated carbocycles. The number of hydrogen-bond donors (Lipinski definition) is 2. The molecule has 0 saturated heterocycles. The van der Waals surface area contributed by atoms with E-state index in [1.165, 1.54) is 0 Å². The van der Waals surface area contributed by atoms with Gasteiger partial charge >= 0.3 is 0 Å². The number of amides is 1. The van der Waals surface area contributed by atoms with E-state index >= 15 is 0 Å². The number of azo groups is 2. The van der Waals surface area contributed by atoms with Gasteiger partial charge in [-0.25, -0.2) is 0 Å². The van der Waals surface area contributed by atoms with Gasteiger partial charge in [0.1, 0.15) is 18.0 Å². The lowest BCUT2D eigenvalue weighted by Gasteiger charge is -2.22. The van der Waals surface area contributed by atoms with Gasteiger partial charge in [0.25, 0.3) is 5.91 Å². The van der Waals surface area contributed by atoms with E-state index in [-0.39, 0.29) is 24.0 Å². The lowest BCUT2D eigenvalue weighted by Crippen LogP contribution is -2.27. The molecule has 2 N–H and O–H groups in total. The number of aromatic nitrogens is 2. The third-order valence-corrected chi connectivity index (χ3v) is 17.2. The molecule has 11 aromatic carbocycles. The molecule has 2 heterocycles. The van der Waals surface area contributed by atoms with Crippen LogP contribution in [0.1, 0.15) is 56.8 Å². The molecule has 0 fully saturated rings. The summed E-state index contributed by atoms with van der Waals surface area (Å²) in [6.45, 7) is 4.37. The number of fused-ring (bicyclic) bond motifs is 12. The first-order valence-electron chi connectivity index (χ1n) is 28.3. The highest BCUT2D eigenvalue weighted by molar-refractivity contribution is 6.33. The molecular weight excluding hydrogens is 1120 g/mol. The van der Waals surface area contributed by atoms with Crippen LogP contribution in [0, 0.1) is 0 Å². The van der Waals surface area contributed by atoms with Gasteiger partial charge in [-0.2, -0.15) is 5.11 Å². The smallest absolute Gasteiger partial charge is 0.261 e. The van der Waals surface area contributed by atoms with Gasteiger partial charge in [-0.1, -0.05) is 128 Å². The summed E-state index contributed by atoms with van der Waals surface area (Å²) in [5.74, 6) is 0.313. The largest absolute Gasteiger partial charge is 0.494 e. The van der Waals surface area contributed by atoms with Crippen molar-refractivity contribution in [3.63, 3.8) is 0 Å². The van der Waals surface area contributed by atoms with E-state index in [4.69, 9.17) is 58.0 Å². The minimum atomic E-state index is -0.271.